The van der Waals surface area contributed by atoms with E-state index in [1.54, 1.807) is 22.9 Å². The van der Waals surface area contributed by atoms with Gasteiger partial charge in [-0.1, -0.05) is 60.1 Å². The summed E-state index contributed by atoms with van der Waals surface area (Å²) >= 11 is 6.08. The summed E-state index contributed by atoms with van der Waals surface area (Å²) in [6.45, 7) is 0. The van der Waals surface area contributed by atoms with E-state index in [0.29, 0.717) is 10.8 Å². The Morgan fingerprint density at radius 3 is 2.63 bits per heavy atom. The fourth-order valence-corrected chi connectivity index (χ4v) is 2.80. The van der Waals surface area contributed by atoms with Crippen molar-refractivity contribution in [1.29, 1.82) is 0 Å². The highest BCUT2D eigenvalue weighted by molar-refractivity contribution is 6.32. The standard InChI is InChI=1S/C20H14ClN5O/c21-16-9-5-4-6-14(16)10-11-18(27)23-19-24-20-22-13-12-17(26(20)25-19)15-7-2-1-3-8-15/h1-13H,(H,23,25,27). The predicted molar refractivity (Wildman–Crippen MR) is 105 cm³/mol. The van der Waals surface area contributed by atoms with Gasteiger partial charge in [0.15, 0.2) is 0 Å². The molecule has 132 valence electrons. The lowest BCUT2D eigenvalue weighted by Crippen LogP contribution is -2.09. The number of amides is 1. The number of halogens is 1. The largest absolute Gasteiger partial charge is 0.290 e. The Hall–Kier alpha value is -3.51. The Morgan fingerprint density at radius 1 is 1.04 bits per heavy atom. The molecule has 0 aliphatic rings. The normalized spacial score (nSPS) is 11.1. The molecule has 0 bridgehead atoms. The second kappa shape index (κ2) is 7.39. The molecule has 0 fully saturated rings. The van der Waals surface area contributed by atoms with Gasteiger partial charge in [0, 0.05) is 22.9 Å². The Bertz CT molecular complexity index is 1140. The molecular weight excluding hydrogens is 362 g/mol. The zero-order valence-corrected chi connectivity index (χ0v) is 14.8. The van der Waals surface area contributed by atoms with Gasteiger partial charge in [-0.05, 0) is 23.8 Å². The van der Waals surface area contributed by atoms with E-state index in [0.717, 1.165) is 16.8 Å². The second-order valence-electron chi connectivity index (χ2n) is 5.69. The Labute approximate surface area is 160 Å². The van der Waals surface area contributed by atoms with Crippen LogP contribution in [-0.4, -0.2) is 25.5 Å². The van der Waals surface area contributed by atoms with Crippen LogP contribution in [0.3, 0.4) is 0 Å². The van der Waals surface area contributed by atoms with Gasteiger partial charge in [-0.3, -0.25) is 10.1 Å². The maximum atomic E-state index is 12.2. The van der Waals surface area contributed by atoms with Crippen molar-refractivity contribution in [3.63, 3.8) is 0 Å². The number of rotatable bonds is 4. The van der Waals surface area contributed by atoms with Gasteiger partial charge < -0.3 is 0 Å². The van der Waals surface area contributed by atoms with E-state index in [2.05, 4.69) is 20.4 Å². The highest BCUT2D eigenvalue weighted by atomic mass is 35.5. The lowest BCUT2D eigenvalue weighted by Gasteiger charge is -2.02. The van der Waals surface area contributed by atoms with Gasteiger partial charge in [0.05, 0.1) is 5.69 Å². The van der Waals surface area contributed by atoms with E-state index in [1.165, 1.54) is 6.08 Å². The van der Waals surface area contributed by atoms with E-state index in [4.69, 9.17) is 11.6 Å². The highest BCUT2D eigenvalue weighted by Crippen LogP contribution is 2.19. The fraction of sp³-hybridized carbons (Fsp3) is 0. The summed E-state index contributed by atoms with van der Waals surface area (Å²) < 4.78 is 1.60. The van der Waals surface area contributed by atoms with Gasteiger partial charge in [-0.15, -0.1) is 5.10 Å². The number of carbonyl (C=O) groups is 1. The molecule has 0 unspecified atom stereocenters. The summed E-state index contributed by atoms with van der Waals surface area (Å²) in [5.74, 6) is 0.230. The number of nitrogens with one attached hydrogen (secondary N) is 1. The summed E-state index contributed by atoms with van der Waals surface area (Å²) in [6.07, 6.45) is 4.69. The van der Waals surface area contributed by atoms with E-state index >= 15 is 0 Å². The first-order valence-corrected chi connectivity index (χ1v) is 8.59. The maximum Gasteiger partial charge on any atom is 0.254 e. The minimum atomic E-state index is -0.355. The first kappa shape index (κ1) is 16.9. The fourth-order valence-electron chi connectivity index (χ4n) is 2.60. The van der Waals surface area contributed by atoms with Crippen LogP contribution >= 0.6 is 11.6 Å². The third-order valence-corrected chi connectivity index (χ3v) is 4.21. The first-order valence-electron chi connectivity index (χ1n) is 8.21. The van der Waals surface area contributed by atoms with E-state index in [9.17, 15) is 4.79 Å². The van der Waals surface area contributed by atoms with Crippen molar-refractivity contribution >= 4 is 35.3 Å². The van der Waals surface area contributed by atoms with Crippen molar-refractivity contribution in [2.45, 2.75) is 0 Å². The summed E-state index contributed by atoms with van der Waals surface area (Å²) in [5.41, 5.74) is 2.57. The molecule has 0 saturated heterocycles. The number of aromatic nitrogens is 4. The molecule has 2 aromatic heterocycles. The Morgan fingerprint density at radius 2 is 1.81 bits per heavy atom. The molecule has 4 aromatic rings. The average molecular weight is 376 g/mol. The molecule has 0 atom stereocenters. The van der Waals surface area contributed by atoms with Crippen LogP contribution in [0.15, 0.2) is 72.9 Å². The van der Waals surface area contributed by atoms with Crippen molar-refractivity contribution < 1.29 is 4.79 Å². The van der Waals surface area contributed by atoms with Crippen molar-refractivity contribution in [2.24, 2.45) is 0 Å². The van der Waals surface area contributed by atoms with Crippen LogP contribution in [0.2, 0.25) is 5.02 Å². The number of hydrogen-bond acceptors (Lipinski definition) is 4. The van der Waals surface area contributed by atoms with Crippen LogP contribution in [0.1, 0.15) is 5.56 Å². The number of nitrogens with zero attached hydrogens (tertiary/aromatic N) is 4. The monoisotopic (exact) mass is 375 g/mol. The number of anilines is 1. The lowest BCUT2D eigenvalue weighted by atomic mass is 10.1. The molecule has 1 amide bonds. The molecule has 6 nitrogen and oxygen atoms in total. The van der Waals surface area contributed by atoms with Crippen molar-refractivity contribution in [3.8, 4) is 11.3 Å². The summed E-state index contributed by atoms with van der Waals surface area (Å²) in [4.78, 5) is 20.6. The Kier molecular flexibility index (Phi) is 4.63. The molecule has 7 heteroatoms. The van der Waals surface area contributed by atoms with Gasteiger partial charge in [0.1, 0.15) is 0 Å². The SMILES string of the molecule is O=C(C=Cc1ccccc1Cl)Nc1nc2nccc(-c3ccccc3)n2n1. The topological polar surface area (TPSA) is 72.2 Å². The minimum Gasteiger partial charge on any atom is -0.290 e. The predicted octanol–water partition coefficient (Wildman–Crippen LogP) is 4.10. The number of benzene rings is 2. The van der Waals surface area contributed by atoms with E-state index in [-0.39, 0.29) is 11.9 Å². The molecule has 0 aliphatic heterocycles. The molecule has 0 aliphatic carbocycles. The number of hydrogen-bond donors (Lipinski definition) is 1. The van der Waals surface area contributed by atoms with Crippen molar-refractivity contribution in [3.05, 3.63) is 83.5 Å². The molecule has 0 spiro atoms. The van der Waals surface area contributed by atoms with Crippen LogP contribution in [0.4, 0.5) is 5.95 Å². The first-order chi connectivity index (χ1) is 13.2. The third kappa shape index (κ3) is 3.70. The van der Waals surface area contributed by atoms with E-state index in [1.807, 2.05) is 54.6 Å². The minimum absolute atomic E-state index is 0.180. The molecule has 0 saturated carbocycles. The van der Waals surface area contributed by atoms with Crippen LogP contribution in [0.25, 0.3) is 23.1 Å². The lowest BCUT2D eigenvalue weighted by molar-refractivity contribution is -0.111. The number of fused-ring (bicyclic) bond motifs is 1. The third-order valence-electron chi connectivity index (χ3n) is 3.86. The van der Waals surface area contributed by atoms with Gasteiger partial charge in [0.2, 0.25) is 0 Å². The molecular formula is C20H14ClN5O. The van der Waals surface area contributed by atoms with E-state index < -0.39 is 0 Å². The van der Waals surface area contributed by atoms with Crippen LogP contribution in [0.5, 0.6) is 0 Å². The molecule has 27 heavy (non-hydrogen) atoms. The van der Waals surface area contributed by atoms with Crippen LogP contribution < -0.4 is 5.32 Å². The molecule has 2 heterocycles. The second-order valence-corrected chi connectivity index (χ2v) is 6.09. The molecule has 4 rings (SSSR count). The summed E-state index contributed by atoms with van der Waals surface area (Å²) in [6, 6.07) is 18.9. The zero-order valence-electron chi connectivity index (χ0n) is 14.1. The Balaban J connectivity index is 1.58. The molecule has 0 radical (unpaired) electrons. The van der Waals surface area contributed by atoms with Crippen molar-refractivity contribution in [2.75, 3.05) is 5.32 Å². The van der Waals surface area contributed by atoms with Crippen LogP contribution in [-0.2, 0) is 4.79 Å². The smallest absolute Gasteiger partial charge is 0.254 e. The van der Waals surface area contributed by atoms with Gasteiger partial charge >= 0.3 is 0 Å². The van der Waals surface area contributed by atoms with Crippen molar-refractivity contribution in [1.82, 2.24) is 19.6 Å². The molecule has 2 aromatic carbocycles. The quantitative estimate of drug-likeness (QED) is 0.545. The van der Waals surface area contributed by atoms with Crippen LogP contribution in [0, 0.1) is 0 Å². The number of carbonyl (C=O) groups excluding carboxylic acids is 1. The summed E-state index contributed by atoms with van der Waals surface area (Å²) in [5, 5.41) is 7.57. The van der Waals surface area contributed by atoms with Gasteiger partial charge in [-0.2, -0.15) is 9.50 Å². The van der Waals surface area contributed by atoms with Gasteiger partial charge in [0.25, 0.3) is 17.6 Å². The zero-order chi connectivity index (χ0) is 18.6. The maximum absolute atomic E-state index is 12.2. The highest BCUT2D eigenvalue weighted by Gasteiger charge is 2.11. The van der Waals surface area contributed by atoms with Gasteiger partial charge in [-0.25, -0.2) is 4.98 Å². The summed E-state index contributed by atoms with van der Waals surface area (Å²) in [7, 11) is 0. The molecule has 1 N–H and O–H groups in total. The average Bonchev–Trinajstić information content (AvgIpc) is 3.10.